The highest BCUT2D eigenvalue weighted by Crippen LogP contribution is 2.25. The Morgan fingerprint density at radius 1 is 1.40 bits per heavy atom. The molecule has 1 aromatic rings. The van der Waals surface area contributed by atoms with E-state index in [0.29, 0.717) is 47.8 Å². The van der Waals surface area contributed by atoms with Crippen molar-refractivity contribution in [1.29, 1.82) is 0 Å². The Hall–Kier alpha value is -1.13. The lowest BCUT2D eigenvalue weighted by Crippen LogP contribution is -2.37. The summed E-state index contributed by atoms with van der Waals surface area (Å²) >= 11 is 2.00. The average molecular weight is 471 g/mol. The number of carbonyl (C=O) groups excluding carboxylic acids is 1. The van der Waals surface area contributed by atoms with Crippen LogP contribution in [0.1, 0.15) is 38.3 Å². The number of hydrogen-bond donors (Lipinski definition) is 0. The van der Waals surface area contributed by atoms with Gasteiger partial charge < -0.3 is 9.64 Å². The predicted molar refractivity (Wildman–Crippen MR) is 95.3 cm³/mol. The Bertz CT molecular complexity index is 590. The molecule has 2 heterocycles. The molecule has 0 aliphatic carbocycles. The van der Waals surface area contributed by atoms with Gasteiger partial charge in [0.25, 0.3) is 0 Å². The maximum atomic E-state index is 12.3. The summed E-state index contributed by atoms with van der Waals surface area (Å²) in [5, 5.41) is 0. The van der Waals surface area contributed by atoms with Crippen LogP contribution in [0, 0.1) is 9.62 Å². The van der Waals surface area contributed by atoms with E-state index >= 15 is 0 Å². The van der Waals surface area contributed by atoms with E-state index in [1.807, 2.05) is 27.5 Å². The largest absolute Gasteiger partial charge is 0.466 e. The fraction of sp³-hybridized carbons (Fsp3) is 0.688. The molecule has 1 aliphatic heterocycles. The number of piperidine rings is 1. The van der Waals surface area contributed by atoms with Gasteiger partial charge in [-0.2, -0.15) is 13.2 Å². The number of anilines is 1. The number of hydrogen-bond acceptors (Lipinski definition) is 5. The Morgan fingerprint density at radius 2 is 2.08 bits per heavy atom. The third-order valence-corrected chi connectivity index (χ3v) is 4.99. The number of aromatic nitrogens is 2. The molecule has 0 atom stereocenters. The molecule has 2 rings (SSSR count). The summed E-state index contributed by atoms with van der Waals surface area (Å²) in [6.45, 7) is 3.47. The fourth-order valence-electron chi connectivity index (χ4n) is 2.77. The molecule has 1 aromatic heterocycles. The topological polar surface area (TPSA) is 55.3 Å². The van der Waals surface area contributed by atoms with Gasteiger partial charge in [-0.15, -0.1) is 0 Å². The second kappa shape index (κ2) is 9.00. The number of alkyl halides is 3. The zero-order chi connectivity index (χ0) is 18.4. The lowest BCUT2D eigenvalue weighted by molar-refractivity contribution is -0.148. The standard InChI is InChI=1S/C16H21F3IN3O2/c1-2-25-15(24)11-5-8-23(9-6-11)13-10-21-14(20)12(22-13)4-3-7-16(17,18)19/h10-11H,2-9H2,1H3. The minimum atomic E-state index is -4.15. The molecule has 140 valence electrons. The summed E-state index contributed by atoms with van der Waals surface area (Å²) in [5.74, 6) is 0.396. The van der Waals surface area contributed by atoms with Crippen LogP contribution in [0.15, 0.2) is 6.20 Å². The SMILES string of the molecule is CCOC(=O)C1CCN(c2cnc(I)c(CCCC(F)(F)F)n2)CC1. The van der Waals surface area contributed by atoms with Crippen molar-refractivity contribution in [2.24, 2.45) is 5.92 Å². The number of halogens is 4. The first-order chi connectivity index (χ1) is 11.8. The summed E-state index contributed by atoms with van der Waals surface area (Å²) in [4.78, 5) is 22.6. The van der Waals surface area contributed by atoms with Crippen molar-refractivity contribution in [3.8, 4) is 0 Å². The van der Waals surface area contributed by atoms with E-state index in [9.17, 15) is 18.0 Å². The van der Waals surface area contributed by atoms with Gasteiger partial charge >= 0.3 is 12.1 Å². The van der Waals surface area contributed by atoms with Crippen molar-refractivity contribution in [2.75, 3.05) is 24.6 Å². The molecule has 0 saturated carbocycles. The van der Waals surface area contributed by atoms with E-state index in [0.717, 1.165) is 0 Å². The van der Waals surface area contributed by atoms with Gasteiger partial charge in [0.1, 0.15) is 9.52 Å². The number of rotatable bonds is 6. The maximum Gasteiger partial charge on any atom is 0.389 e. The van der Waals surface area contributed by atoms with Crippen LogP contribution in [0.3, 0.4) is 0 Å². The van der Waals surface area contributed by atoms with Gasteiger partial charge in [0, 0.05) is 19.5 Å². The van der Waals surface area contributed by atoms with Crippen LogP contribution in [0.2, 0.25) is 0 Å². The molecule has 5 nitrogen and oxygen atoms in total. The first-order valence-corrected chi connectivity index (χ1v) is 9.37. The molecular formula is C16H21F3IN3O2. The molecule has 1 fully saturated rings. The van der Waals surface area contributed by atoms with Crippen molar-refractivity contribution in [3.05, 3.63) is 15.6 Å². The zero-order valence-corrected chi connectivity index (χ0v) is 16.1. The third-order valence-electron chi connectivity index (χ3n) is 4.09. The van der Waals surface area contributed by atoms with Crippen molar-refractivity contribution in [1.82, 2.24) is 9.97 Å². The Morgan fingerprint density at radius 3 is 2.68 bits per heavy atom. The Balaban J connectivity index is 1.94. The summed E-state index contributed by atoms with van der Waals surface area (Å²) in [7, 11) is 0. The van der Waals surface area contributed by atoms with Gasteiger partial charge in [0.05, 0.1) is 24.4 Å². The summed E-state index contributed by atoms with van der Waals surface area (Å²) < 4.78 is 42.6. The van der Waals surface area contributed by atoms with Crippen molar-refractivity contribution >= 4 is 34.4 Å². The average Bonchev–Trinajstić information content (AvgIpc) is 2.56. The first kappa shape index (κ1) is 20.2. The van der Waals surface area contributed by atoms with Crippen LogP contribution in [-0.4, -0.2) is 41.8 Å². The lowest BCUT2D eigenvalue weighted by Gasteiger charge is -2.31. The number of nitrogens with zero attached hydrogens (tertiary/aromatic N) is 3. The number of carbonyl (C=O) groups is 1. The van der Waals surface area contributed by atoms with Crippen LogP contribution in [0.4, 0.5) is 19.0 Å². The number of esters is 1. The maximum absolute atomic E-state index is 12.3. The van der Waals surface area contributed by atoms with Crippen molar-refractivity contribution in [3.63, 3.8) is 0 Å². The van der Waals surface area contributed by atoms with Gasteiger partial charge in [0.15, 0.2) is 0 Å². The molecule has 9 heteroatoms. The highest BCUT2D eigenvalue weighted by molar-refractivity contribution is 14.1. The first-order valence-electron chi connectivity index (χ1n) is 8.30. The molecule has 0 N–H and O–H groups in total. The molecule has 1 saturated heterocycles. The quantitative estimate of drug-likeness (QED) is 0.468. The second-order valence-corrected chi connectivity index (χ2v) is 6.97. The Labute approximate surface area is 158 Å². The molecule has 0 bridgehead atoms. The predicted octanol–water partition coefficient (Wildman–Crippen LogP) is 3.75. The molecule has 0 amide bonds. The van der Waals surface area contributed by atoms with E-state index in [2.05, 4.69) is 9.97 Å². The minimum Gasteiger partial charge on any atom is -0.466 e. The Kier molecular flexibility index (Phi) is 7.26. The normalized spacial score (nSPS) is 16.1. The summed E-state index contributed by atoms with van der Waals surface area (Å²) in [6, 6.07) is 0. The molecule has 0 radical (unpaired) electrons. The monoisotopic (exact) mass is 471 g/mol. The molecule has 0 spiro atoms. The van der Waals surface area contributed by atoms with Crippen LogP contribution in [0.25, 0.3) is 0 Å². The molecule has 1 aliphatic rings. The zero-order valence-electron chi connectivity index (χ0n) is 14.0. The number of aryl methyl sites for hydroxylation is 1. The van der Waals surface area contributed by atoms with E-state index < -0.39 is 12.6 Å². The second-order valence-electron chi connectivity index (χ2n) is 5.95. The summed E-state index contributed by atoms with van der Waals surface area (Å²) in [6.07, 6.45) is -1.72. The van der Waals surface area contributed by atoms with Crippen molar-refractivity contribution in [2.45, 2.75) is 45.2 Å². The highest BCUT2D eigenvalue weighted by atomic mass is 127. The summed E-state index contributed by atoms with van der Waals surface area (Å²) in [5.41, 5.74) is 0.592. The third kappa shape index (κ3) is 6.27. The van der Waals surface area contributed by atoms with Crippen LogP contribution >= 0.6 is 22.6 Å². The smallest absolute Gasteiger partial charge is 0.389 e. The molecule has 0 unspecified atom stereocenters. The molecule has 0 aromatic carbocycles. The van der Waals surface area contributed by atoms with Gasteiger partial charge in [-0.05, 0) is 55.2 Å². The van der Waals surface area contributed by atoms with Gasteiger partial charge in [0.2, 0.25) is 0 Å². The van der Waals surface area contributed by atoms with Gasteiger partial charge in [-0.3, -0.25) is 4.79 Å². The number of ether oxygens (including phenoxy) is 1. The van der Waals surface area contributed by atoms with Crippen molar-refractivity contribution < 1.29 is 22.7 Å². The van der Waals surface area contributed by atoms with E-state index in [1.54, 1.807) is 13.1 Å². The van der Waals surface area contributed by atoms with E-state index in [-0.39, 0.29) is 24.7 Å². The van der Waals surface area contributed by atoms with Gasteiger partial charge in [-0.1, -0.05) is 0 Å². The lowest BCUT2D eigenvalue weighted by atomic mass is 9.97. The highest BCUT2D eigenvalue weighted by Gasteiger charge is 2.28. The van der Waals surface area contributed by atoms with E-state index in [1.165, 1.54) is 0 Å². The van der Waals surface area contributed by atoms with Crippen LogP contribution in [-0.2, 0) is 16.0 Å². The minimum absolute atomic E-state index is 0.00255. The fourth-order valence-corrected chi connectivity index (χ4v) is 3.30. The molecule has 25 heavy (non-hydrogen) atoms. The molecular weight excluding hydrogens is 450 g/mol. The van der Waals surface area contributed by atoms with E-state index in [4.69, 9.17) is 4.74 Å². The van der Waals surface area contributed by atoms with Gasteiger partial charge in [-0.25, -0.2) is 9.97 Å². The van der Waals surface area contributed by atoms with Crippen LogP contribution < -0.4 is 4.90 Å². The van der Waals surface area contributed by atoms with Crippen LogP contribution in [0.5, 0.6) is 0 Å².